The second-order valence-corrected chi connectivity index (χ2v) is 3.79. The van der Waals surface area contributed by atoms with E-state index in [4.69, 9.17) is 16.2 Å². The van der Waals surface area contributed by atoms with Gasteiger partial charge in [0.2, 0.25) is 0 Å². The number of carbonyl (C=O) groups excluding carboxylic acids is 1. The predicted octanol–water partition coefficient (Wildman–Crippen LogP) is 1.07. The van der Waals surface area contributed by atoms with Crippen LogP contribution in [0, 0.1) is 0 Å². The Morgan fingerprint density at radius 1 is 1.41 bits per heavy atom. The van der Waals surface area contributed by atoms with E-state index in [1.807, 2.05) is 6.07 Å². The summed E-state index contributed by atoms with van der Waals surface area (Å²) in [4.78, 5) is 15.1. The molecule has 0 radical (unpaired) electrons. The highest BCUT2D eigenvalue weighted by Crippen LogP contribution is 2.20. The third-order valence-corrected chi connectivity index (χ3v) is 2.40. The van der Waals surface area contributed by atoms with Gasteiger partial charge < -0.3 is 16.2 Å². The lowest BCUT2D eigenvalue weighted by atomic mass is 10.2. The van der Waals surface area contributed by atoms with Gasteiger partial charge in [-0.15, -0.1) is 0 Å². The number of pyridine rings is 1. The number of nitrogens with two attached hydrogens (primary N) is 2. The average molecular weight is 231 g/mol. The fourth-order valence-electron chi connectivity index (χ4n) is 1.44. The maximum atomic E-state index is 10.9. The summed E-state index contributed by atoms with van der Waals surface area (Å²) in [5, 5.41) is 0.897. The van der Waals surface area contributed by atoms with Crippen molar-refractivity contribution in [2.24, 2.45) is 5.73 Å². The molecule has 2 rings (SSSR count). The summed E-state index contributed by atoms with van der Waals surface area (Å²) in [5.74, 6) is -0.00373. The van der Waals surface area contributed by atoms with Crippen molar-refractivity contribution < 1.29 is 9.53 Å². The summed E-state index contributed by atoms with van der Waals surface area (Å²) in [6.45, 7) is 1.59. The number of anilines is 1. The van der Waals surface area contributed by atoms with Crippen molar-refractivity contribution in [1.82, 2.24) is 4.98 Å². The van der Waals surface area contributed by atoms with E-state index in [1.54, 1.807) is 31.3 Å². The lowest BCUT2D eigenvalue weighted by Crippen LogP contribution is -2.30. The molecule has 1 unspecified atom stereocenters. The summed E-state index contributed by atoms with van der Waals surface area (Å²) < 4.78 is 5.35. The number of fused-ring (bicyclic) bond motifs is 1. The van der Waals surface area contributed by atoms with Crippen molar-refractivity contribution in [1.29, 1.82) is 0 Å². The molecule has 2 aromatic rings. The highest BCUT2D eigenvalue weighted by Gasteiger charge is 2.10. The van der Waals surface area contributed by atoms with Gasteiger partial charge in [-0.2, -0.15) is 0 Å². The molecule has 0 saturated carbocycles. The molecule has 5 heteroatoms. The molecule has 17 heavy (non-hydrogen) atoms. The van der Waals surface area contributed by atoms with Gasteiger partial charge in [0.1, 0.15) is 5.75 Å². The van der Waals surface area contributed by atoms with Crippen LogP contribution < -0.4 is 16.2 Å². The van der Waals surface area contributed by atoms with Gasteiger partial charge in [0, 0.05) is 11.1 Å². The van der Waals surface area contributed by atoms with Crippen molar-refractivity contribution in [2.75, 3.05) is 5.73 Å². The van der Waals surface area contributed by atoms with Crippen LogP contribution in [0.25, 0.3) is 10.9 Å². The number of amides is 1. The lowest BCUT2D eigenvalue weighted by molar-refractivity contribution is -0.123. The molecule has 1 aromatic heterocycles. The Kier molecular flexibility index (Phi) is 2.82. The van der Waals surface area contributed by atoms with Crippen LogP contribution in [0.4, 0.5) is 5.69 Å². The Bertz CT molecular complexity index is 569. The van der Waals surface area contributed by atoms with Crippen LogP contribution in [0.2, 0.25) is 0 Å². The van der Waals surface area contributed by atoms with Gasteiger partial charge in [0.05, 0.1) is 11.7 Å². The van der Waals surface area contributed by atoms with Crippen LogP contribution in [-0.2, 0) is 4.79 Å². The minimum atomic E-state index is -0.678. The van der Waals surface area contributed by atoms with Gasteiger partial charge in [-0.05, 0) is 25.1 Å². The molecule has 88 valence electrons. The second kappa shape index (κ2) is 4.29. The first-order chi connectivity index (χ1) is 8.06. The number of aromatic nitrogens is 1. The molecule has 0 aliphatic carbocycles. The Hall–Kier alpha value is -2.30. The van der Waals surface area contributed by atoms with E-state index in [1.165, 1.54) is 0 Å². The van der Waals surface area contributed by atoms with Gasteiger partial charge in [0.15, 0.2) is 6.10 Å². The predicted molar refractivity (Wildman–Crippen MR) is 65.4 cm³/mol. The summed E-state index contributed by atoms with van der Waals surface area (Å²) in [6, 6.07) is 7.20. The Labute approximate surface area is 98.4 Å². The van der Waals surface area contributed by atoms with Gasteiger partial charge >= 0.3 is 0 Å². The Morgan fingerprint density at radius 3 is 2.88 bits per heavy atom. The number of nitrogen functional groups attached to an aromatic ring is 1. The molecule has 1 aromatic carbocycles. The van der Waals surface area contributed by atoms with Crippen molar-refractivity contribution in [3.8, 4) is 5.75 Å². The van der Waals surface area contributed by atoms with E-state index < -0.39 is 12.0 Å². The van der Waals surface area contributed by atoms with Crippen LogP contribution in [0.3, 0.4) is 0 Å². The molecule has 0 bridgehead atoms. The lowest BCUT2D eigenvalue weighted by Gasteiger charge is -2.11. The second-order valence-electron chi connectivity index (χ2n) is 3.79. The number of benzene rings is 1. The number of hydrogen-bond acceptors (Lipinski definition) is 4. The van der Waals surface area contributed by atoms with E-state index in [0.717, 1.165) is 10.9 Å². The highest BCUT2D eigenvalue weighted by molar-refractivity contribution is 5.83. The molecule has 0 saturated heterocycles. The molecular formula is C12H13N3O2. The average Bonchev–Trinajstić information content (AvgIpc) is 2.29. The van der Waals surface area contributed by atoms with E-state index in [0.29, 0.717) is 11.4 Å². The molecule has 0 aliphatic heterocycles. The van der Waals surface area contributed by atoms with E-state index in [9.17, 15) is 4.79 Å². The maximum absolute atomic E-state index is 10.9. The monoisotopic (exact) mass is 231 g/mol. The van der Waals surface area contributed by atoms with Crippen LogP contribution in [-0.4, -0.2) is 17.0 Å². The third kappa shape index (κ3) is 2.44. The number of nitrogens with zero attached hydrogens (tertiary/aromatic N) is 1. The van der Waals surface area contributed by atoms with Crippen molar-refractivity contribution >= 4 is 22.5 Å². The Balaban J connectivity index is 2.32. The number of carbonyl (C=O) groups is 1. The number of primary amides is 1. The van der Waals surface area contributed by atoms with Gasteiger partial charge in [0.25, 0.3) is 5.91 Å². The van der Waals surface area contributed by atoms with Crippen molar-refractivity contribution in [2.45, 2.75) is 13.0 Å². The topological polar surface area (TPSA) is 91.2 Å². The molecule has 4 N–H and O–H groups in total. The van der Waals surface area contributed by atoms with E-state index >= 15 is 0 Å². The minimum Gasteiger partial charge on any atom is -0.479 e. The minimum absolute atomic E-state index is 0.508. The summed E-state index contributed by atoms with van der Waals surface area (Å²) in [7, 11) is 0. The number of hydrogen-bond donors (Lipinski definition) is 2. The Morgan fingerprint density at radius 2 is 2.18 bits per heavy atom. The van der Waals surface area contributed by atoms with Gasteiger partial charge in [-0.3, -0.25) is 9.78 Å². The smallest absolute Gasteiger partial charge is 0.258 e. The molecule has 1 atom stereocenters. The number of rotatable bonds is 3. The van der Waals surface area contributed by atoms with Crippen LogP contribution in [0.5, 0.6) is 5.75 Å². The van der Waals surface area contributed by atoms with Crippen molar-refractivity contribution in [3.05, 3.63) is 30.5 Å². The maximum Gasteiger partial charge on any atom is 0.258 e. The molecule has 5 nitrogen and oxygen atoms in total. The zero-order valence-corrected chi connectivity index (χ0v) is 9.38. The zero-order valence-electron chi connectivity index (χ0n) is 9.38. The zero-order chi connectivity index (χ0) is 12.4. The molecule has 0 fully saturated rings. The quantitative estimate of drug-likeness (QED) is 0.773. The fourth-order valence-corrected chi connectivity index (χ4v) is 1.44. The van der Waals surface area contributed by atoms with E-state index in [-0.39, 0.29) is 0 Å². The summed E-state index contributed by atoms with van der Waals surface area (Å²) in [6.07, 6.45) is 0.865. The fraction of sp³-hybridized carbons (Fsp3) is 0.167. The largest absolute Gasteiger partial charge is 0.479 e. The first kappa shape index (κ1) is 11.2. The molecule has 1 heterocycles. The highest BCUT2D eigenvalue weighted by atomic mass is 16.5. The van der Waals surface area contributed by atoms with Gasteiger partial charge in [-0.25, -0.2) is 0 Å². The van der Waals surface area contributed by atoms with Crippen LogP contribution in [0.1, 0.15) is 6.92 Å². The van der Waals surface area contributed by atoms with Crippen molar-refractivity contribution in [3.63, 3.8) is 0 Å². The SMILES string of the molecule is CC(Oc1cnc2cc(N)ccc2c1)C(N)=O. The summed E-state index contributed by atoms with van der Waals surface area (Å²) >= 11 is 0. The first-order valence-electron chi connectivity index (χ1n) is 5.17. The summed E-state index contributed by atoms with van der Waals surface area (Å²) in [5.41, 5.74) is 12.2. The van der Waals surface area contributed by atoms with Crippen LogP contribution >= 0.6 is 0 Å². The molecule has 0 spiro atoms. The van der Waals surface area contributed by atoms with Crippen LogP contribution in [0.15, 0.2) is 30.5 Å². The van der Waals surface area contributed by atoms with Gasteiger partial charge in [-0.1, -0.05) is 6.07 Å². The normalized spacial score (nSPS) is 12.3. The number of ether oxygens (including phenoxy) is 1. The van der Waals surface area contributed by atoms with E-state index in [2.05, 4.69) is 4.98 Å². The standard InChI is InChI=1S/C12H13N3O2/c1-7(12(14)16)17-10-4-8-2-3-9(13)5-11(8)15-6-10/h2-7H,13H2,1H3,(H2,14,16). The molecule has 1 amide bonds. The third-order valence-electron chi connectivity index (χ3n) is 2.40. The molecular weight excluding hydrogens is 218 g/mol. The molecule has 0 aliphatic rings. The first-order valence-corrected chi connectivity index (χ1v) is 5.17.